The molecule has 0 radical (unpaired) electrons. The van der Waals surface area contributed by atoms with Crippen LogP contribution in [0.1, 0.15) is 54.1 Å². The largest absolute Gasteiger partial charge is 0.463 e. The predicted molar refractivity (Wildman–Crippen MR) is 124 cm³/mol. The van der Waals surface area contributed by atoms with Gasteiger partial charge in [-0.1, -0.05) is 61.3 Å². The molecular formula is C25H24ClN3O3. The van der Waals surface area contributed by atoms with Crippen LogP contribution in [-0.2, 0) is 9.53 Å². The Balaban J connectivity index is 1.88. The summed E-state index contributed by atoms with van der Waals surface area (Å²) in [6.07, 6.45) is 3.13. The van der Waals surface area contributed by atoms with Crippen LogP contribution in [0.25, 0.3) is 0 Å². The number of rotatable bonds is 6. The molecule has 3 aromatic rings. The van der Waals surface area contributed by atoms with E-state index in [4.69, 9.17) is 16.3 Å². The first kappa shape index (κ1) is 21.8. The Morgan fingerprint density at radius 3 is 2.47 bits per heavy atom. The molecule has 0 saturated carbocycles. The van der Waals surface area contributed by atoms with Crippen LogP contribution in [-0.4, -0.2) is 28.3 Å². The van der Waals surface area contributed by atoms with E-state index in [1.807, 2.05) is 31.2 Å². The zero-order valence-corrected chi connectivity index (χ0v) is 18.7. The van der Waals surface area contributed by atoms with Crippen molar-refractivity contribution < 1.29 is 14.3 Å². The van der Waals surface area contributed by atoms with Gasteiger partial charge in [-0.25, -0.2) is 9.48 Å². The lowest BCUT2D eigenvalue weighted by Gasteiger charge is -2.28. The summed E-state index contributed by atoms with van der Waals surface area (Å²) in [6, 6.07) is 16.4. The van der Waals surface area contributed by atoms with Gasteiger partial charge in [0.2, 0.25) is 0 Å². The maximum Gasteiger partial charge on any atom is 0.336 e. The molecular weight excluding hydrogens is 426 g/mol. The Bertz CT molecular complexity index is 1180. The van der Waals surface area contributed by atoms with E-state index in [1.54, 1.807) is 43.5 Å². The van der Waals surface area contributed by atoms with Crippen molar-refractivity contribution >= 4 is 29.3 Å². The van der Waals surface area contributed by atoms with E-state index in [2.05, 4.69) is 10.4 Å². The van der Waals surface area contributed by atoms with Crippen molar-refractivity contribution in [1.82, 2.24) is 9.78 Å². The first-order chi connectivity index (χ1) is 15.5. The second kappa shape index (κ2) is 9.40. The number of fused-ring (bicyclic) bond motifs is 1. The summed E-state index contributed by atoms with van der Waals surface area (Å²) < 4.78 is 6.73. The van der Waals surface area contributed by atoms with Crippen LogP contribution in [0.2, 0.25) is 5.02 Å². The molecule has 0 spiro atoms. The van der Waals surface area contributed by atoms with Crippen molar-refractivity contribution in [2.24, 2.45) is 0 Å². The molecule has 2 heterocycles. The van der Waals surface area contributed by atoms with E-state index in [9.17, 15) is 9.59 Å². The van der Waals surface area contributed by atoms with Crippen LogP contribution >= 0.6 is 11.6 Å². The standard InChI is InChI=1S/C25H24ClN3O3/c1-3-10-20-22(25(31)32-4-2)21(17-13-8-9-14-19(17)26)18-15-29(28-23(18)27-20)24(30)16-11-6-5-7-12-16/h5-9,11-15,21H,3-4,10H2,1-2H3,(H,27,28). The maximum absolute atomic E-state index is 13.1. The monoisotopic (exact) mass is 449 g/mol. The van der Waals surface area contributed by atoms with Crippen LogP contribution in [0.5, 0.6) is 0 Å². The van der Waals surface area contributed by atoms with Crippen LogP contribution < -0.4 is 5.32 Å². The van der Waals surface area contributed by atoms with E-state index in [0.29, 0.717) is 34.0 Å². The second-order valence-electron chi connectivity index (χ2n) is 7.49. The summed E-state index contributed by atoms with van der Waals surface area (Å²) in [5.41, 5.74) is 3.22. The molecule has 32 heavy (non-hydrogen) atoms. The molecule has 0 fully saturated rings. The number of ether oxygens (including phenoxy) is 1. The van der Waals surface area contributed by atoms with Gasteiger partial charge in [0.1, 0.15) is 0 Å². The number of anilines is 1. The molecule has 0 aliphatic carbocycles. The minimum Gasteiger partial charge on any atom is -0.463 e. The summed E-state index contributed by atoms with van der Waals surface area (Å²) in [4.78, 5) is 26.1. The first-order valence-electron chi connectivity index (χ1n) is 10.7. The SMILES string of the molecule is CCCC1=C(C(=O)OCC)C(c2ccccc2Cl)c2cn(C(=O)c3ccccc3)nc2N1. The van der Waals surface area contributed by atoms with Crippen LogP contribution in [0.4, 0.5) is 5.82 Å². The fraction of sp³-hybridized carbons (Fsp3) is 0.240. The number of carbonyl (C=O) groups excluding carboxylic acids is 2. The van der Waals surface area contributed by atoms with Crippen molar-refractivity contribution in [2.75, 3.05) is 11.9 Å². The molecule has 2 aromatic carbocycles. The molecule has 1 atom stereocenters. The number of halogens is 1. The summed E-state index contributed by atoms with van der Waals surface area (Å²) in [5, 5.41) is 8.35. The molecule has 4 rings (SSSR count). The molecule has 0 amide bonds. The highest BCUT2D eigenvalue weighted by Gasteiger charge is 2.37. The topological polar surface area (TPSA) is 73.2 Å². The molecule has 0 bridgehead atoms. The van der Waals surface area contributed by atoms with Gasteiger partial charge in [0, 0.05) is 34.0 Å². The molecule has 7 heteroatoms. The van der Waals surface area contributed by atoms with E-state index >= 15 is 0 Å². The number of allylic oxidation sites excluding steroid dienone is 1. The van der Waals surface area contributed by atoms with E-state index in [0.717, 1.165) is 17.7 Å². The average molecular weight is 450 g/mol. The highest BCUT2D eigenvalue weighted by Crippen LogP contribution is 2.44. The molecule has 1 aliphatic rings. The molecule has 0 saturated heterocycles. The lowest BCUT2D eigenvalue weighted by Crippen LogP contribution is -2.25. The van der Waals surface area contributed by atoms with E-state index in [1.165, 1.54) is 4.68 Å². The predicted octanol–water partition coefficient (Wildman–Crippen LogP) is 5.40. The Morgan fingerprint density at radius 2 is 1.78 bits per heavy atom. The zero-order valence-electron chi connectivity index (χ0n) is 18.0. The van der Waals surface area contributed by atoms with Gasteiger partial charge in [-0.3, -0.25) is 4.79 Å². The number of hydrogen-bond donors (Lipinski definition) is 1. The van der Waals surface area contributed by atoms with Gasteiger partial charge in [0.05, 0.1) is 12.2 Å². The molecule has 1 aliphatic heterocycles. The number of nitrogens with one attached hydrogen (secondary N) is 1. The fourth-order valence-corrected chi connectivity index (χ4v) is 4.23. The number of carbonyl (C=O) groups is 2. The number of hydrogen-bond acceptors (Lipinski definition) is 5. The van der Waals surface area contributed by atoms with Gasteiger partial charge in [-0.2, -0.15) is 0 Å². The minimum absolute atomic E-state index is 0.255. The van der Waals surface area contributed by atoms with Crippen molar-refractivity contribution in [1.29, 1.82) is 0 Å². The highest BCUT2D eigenvalue weighted by molar-refractivity contribution is 6.31. The van der Waals surface area contributed by atoms with Crippen molar-refractivity contribution in [3.63, 3.8) is 0 Å². The normalized spacial score (nSPS) is 15.2. The van der Waals surface area contributed by atoms with Gasteiger partial charge in [0.25, 0.3) is 5.91 Å². The van der Waals surface area contributed by atoms with Crippen molar-refractivity contribution in [2.45, 2.75) is 32.6 Å². The summed E-state index contributed by atoms with van der Waals surface area (Å²) in [6.45, 7) is 4.07. The third kappa shape index (κ3) is 4.06. The molecule has 164 valence electrons. The molecule has 1 unspecified atom stereocenters. The number of nitrogens with zero attached hydrogens (tertiary/aromatic N) is 2. The zero-order chi connectivity index (χ0) is 22.7. The van der Waals surface area contributed by atoms with E-state index < -0.39 is 11.9 Å². The average Bonchev–Trinajstić information content (AvgIpc) is 3.23. The first-order valence-corrected chi connectivity index (χ1v) is 11.0. The minimum atomic E-state index is -0.502. The van der Waals surface area contributed by atoms with Crippen molar-refractivity contribution in [3.8, 4) is 0 Å². The molecule has 6 nitrogen and oxygen atoms in total. The molecule has 1 aromatic heterocycles. The Labute approximate surface area is 191 Å². The van der Waals surface area contributed by atoms with Crippen molar-refractivity contribution in [3.05, 3.63) is 93.8 Å². The highest BCUT2D eigenvalue weighted by atomic mass is 35.5. The quantitative estimate of drug-likeness (QED) is 0.510. The Kier molecular flexibility index (Phi) is 6.42. The second-order valence-corrected chi connectivity index (χ2v) is 7.90. The van der Waals surface area contributed by atoms with Crippen LogP contribution in [0, 0.1) is 0 Å². The van der Waals surface area contributed by atoms with Gasteiger partial charge in [0.15, 0.2) is 5.82 Å². The van der Waals surface area contributed by atoms with Crippen LogP contribution in [0.3, 0.4) is 0 Å². The van der Waals surface area contributed by atoms with Gasteiger partial charge in [-0.05, 0) is 37.1 Å². The molecule has 1 N–H and O–H groups in total. The number of aromatic nitrogens is 2. The maximum atomic E-state index is 13.1. The van der Waals surface area contributed by atoms with Gasteiger partial charge >= 0.3 is 5.97 Å². The Hall–Kier alpha value is -3.38. The van der Waals surface area contributed by atoms with Gasteiger partial charge < -0.3 is 10.1 Å². The third-order valence-corrected chi connectivity index (χ3v) is 5.72. The number of benzene rings is 2. The third-order valence-electron chi connectivity index (χ3n) is 5.38. The Morgan fingerprint density at radius 1 is 1.06 bits per heavy atom. The lowest BCUT2D eigenvalue weighted by atomic mass is 9.82. The summed E-state index contributed by atoms with van der Waals surface area (Å²) >= 11 is 6.57. The summed E-state index contributed by atoms with van der Waals surface area (Å²) in [7, 11) is 0. The van der Waals surface area contributed by atoms with Gasteiger partial charge in [-0.15, -0.1) is 5.10 Å². The van der Waals surface area contributed by atoms with E-state index in [-0.39, 0.29) is 12.5 Å². The summed E-state index contributed by atoms with van der Waals surface area (Å²) in [5.74, 6) is -0.621. The smallest absolute Gasteiger partial charge is 0.336 e. The van der Waals surface area contributed by atoms with Crippen LogP contribution in [0.15, 0.2) is 72.1 Å². The number of esters is 1. The lowest BCUT2D eigenvalue weighted by molar-refractivity contribution is -0.138. The fourth-order valence-electron chi connectivity index (χ4n) is 3.98.